The van der Waals surface area contributed by atoms with Crippen LogP contribution in [0.5, 0.6) is 0 Å². The minimum atomic E-state index is -0.332. The molecule has 0 aliphatic rings. The number of carbonyl (C=O) groups excluding carboxylic acids is 1. The van der Waals surface area contributed by atoms with Crippen molar-refractivity contribution in [3.63, 3.8) is 0 Å². The third kappa shape index (κ3) is 8.23. The molecule has 13 heavy (non-hydrogen) atoms. The first-order valence-electron chi connectivity index (χ1n) is 3.95. The van der Waals surface area contributed by atoms with Crippen LogP contribution in [0, 0.1) is 23.7 Å². The Morgan fingerprint density at radius 1 is 1.46 bits per heavy atom. The molecule has 0 aliphatic carbocycles. The Balaban J connectivity index is 3.56. The first-order valence-corrected chi connectivity index (χ1v) is 3.95. The van der Waals surface area contributed by atoms with E-state index in [2.05, 4.69) is 28.4 Å². The van der Waals surface area contributed by atoms with E-state index in [1.807, 2.05) is 0 Å². The topological polar surface area (TPSA) is 26.3 Å². The summed E-state index contributed by atoms with van der Waals surface area (Å²) in [7, 11) is 1.35. The molecule has 0 aromatic carbocycles. The predicted octanol–water partition coefficient (Wildman–Crippen LogP) is 1.52. The first-order chi connectivity index (χ1) is 6.31. The summed E-state index contributed by atoms with van der Waals surface area (Å²) in [4.78, 5) is 10.6. The van der Waals surface area contributed by atoms with Gasteiger partial charge in [-0.25, -0.2) is 4.79 Å². The van der Waals surface area contributed by atoms with E-state index in [1.54, 1.807) is 13.0 Å². The number of carbonyl (C=O) groups is 1. The summed E-state index contributed by atoms with van der Waals surface area (Å²) in [6, 6.07) is 0. The first kappa shape index (κ1) is 11.3. The Morgan fingerprint density at radius 3 is 2.85 bits per heavy atom. The molecule has 0 aromatic heterocycles. The van der Waals surface area contributed by atoms with E-state index in [1.165, 1.54) is 13.2 Å². The minimum Gasteiger partial charge on any atom is -0.466 e. The maximum Gasteiger partial charge on any atom is 0.330 e. The van der Waals surface area contributed by atoms with Crippen molar-refractivity contribution in [1.29, 1.82) is 0 Å². The molecule has 0 N–H and O–H groups in total. The van der Waals surface area contributed by atoms with Crippen molar-refractivity contribution < 1.29 is 9.53 Å². The van der Waals surface area contributed by atoms with E-state index in [-0.39, 0.29) is 5.97 Å². The smallest absolute Gasteiger partial charge is 0.330 e. The van der Waals surface area contributed by atoms with Gasteiger partial charge in [0.25, 0.3) is 0 Å². The molecule has 68 valence electrons. The zero-order valence-electron chi connectivity index (χ0n) is 7.89. The van der Waals surface area contributed by atoms with Crippen molar-refractivity contribution in [3.8, 4) is 23.7 Å². The lowest BCUT2D eigenvalue weighted by Crippen LogP contribution is -1.93. The number of methoxy groups -OCH3 is 1. The lowest BCUT2D eigenvalue weighted by Gasteiger charge is -1.87. The van der Waals surface area contributed by atoms with Crippen LogP contribution in [0.15, 0.2) is 12.2 Å². The van der Waals surface area contributed by atoms with E-state index < -0.39 is 0 Å². The van der Waals surface area contributed by atoms with E-state index in [0.717, 1.165) is 6.42 Å². The normalized spacial score (nSPS) is 8.15. The van der Waals surface area contributed by atoms with Crippen molar-refractivity contribution >= 4 is 5.97 Å². The molecule has 0 bridgehead atoms. The Kier molecular flexibility index (Phi) is 7.34. The van der Waals surface area contributed by atoms with Gasteiger partial charge in [0.1, 0.15) is 0 Å². The van der Waals surface area contributed by atoms with Crippen molar-refractivity contribution in [2.24, 2.45) is 0 Å². The Morgan fingerprint density at radius 2 is 2.23 bits per heavy atom. The van der Waals surface area contributed by atoms with Crippen molar-refractivity contribution in [3.05, 3.63) is 12.2 Å². The van der Waals surface area contributed by atoms with E-state index in [0.29, 0.717) is 6.42 Å². The average molecular weight is 176 g/mol. The van der Waals surface area contributed by atoms with Crippen molar-refractivity contribution in [2.75, 3.05) is 7.11 Å². The molecule has 0 aromatic rings. The lowest BCUT2D eigenvalue weighted by atomic mass is 10.3. The van der Waals surface area contributed by atoms with Gasteiger partial charge in [-0.2, -0.15) is 0 Å². The van der Waals surface area contributed by atoms with Crippen molar-refractivity contribution in [2.45, 2.75) is 19.8 Å². The average Bonchev–Trinajstić information content (AvgIpc) is 2.16. The summed E-state index contributed by atoms with van der Waals surface area (Å²) < 4.78 is 4.41. The number of allylic oxidation sites excluding steroid dienone is 1. The monoisotopic (exact) mass is 176 g/mol. The van der Waals surface area contributed by atoms with Gasteiger partial charge in [0, 0.05) is 12.5 Å². The third-order valence-corrected chi connectivity index (χ3v) is 1.17. The maximum atomic E-state index is 10.6. The van der Waals surface area contributed by atoms with Crippen LogP contribution >= 0.6 is 0 Å². The number of hydrogen-bond donors (Lipinski definition) is 0. The Labute approximate surface area is 79.0 Å². The van der Waals surface area contributed by atoms with Crippen molar-refractivity contribution in [1.82, 2.24) is 0 Å². The van der Waals surface area contributed by atoms with E-state index >= 15 is 0 Å². The lowest BCUT2D eigenvalue weighted by molar-refractivity contribution is -0.134. The molecule has 0 atom stereocenters. The molecule has 0 aliphatic heterocycles. The van der Waals surface area contributed by atoms with Gasteiger partial charge in [0.15, 0.2) is 0 Å². The molecule has 2 nitrogen and oxygen atoms in total. The summed E-state index contributed by atoms with van der Waals surface area (Å²) in [5, 5.41) is 0. The molecule has 0 unspecified atom stereocenters. The highest BCUT2D eigenvalue weighted by Crippen LogP contribution is 1.89. The van der Waals surface area contributed by atoms with Crippen LogP contribution in [0.25, 0.3) is 0 Å². The number of esters is 1. The number of rotatable bonds is 3. The highest BCUT2D eigenvalue weighted by Gasteiger charge is 1.87. The van der Waals surface area contributed by atoms with Crippen LogP contribution in [0.2, 0.25) is 0 Å². The molecule has 0 radical (unpaired) electrons. The second kappa shape index (κ2) is 8.43. The van der Waals surface area contributed by atoms with Crippen LogP contribution in [-0.2, 0) is 9.53 Å². The van der Waals surface area contributed by atoms with Gasteiger partial charge < -0.3 is 4.74 Å². The van der Waals surface area contributed by atoms with Crippen LogP contribution in [0.1, 0.15) is 19.8 Å². The van der Waals surface area contributed by atoms with Crippen LogP contribution < -0.4 is 0 Å². The van der Waals surface area contributed by atoms with Gasteiger partial charge in [0.2, 0.25) is 0 Å². The number of hydrogen-bond acceptors (Lipinski definition) is 2. The fourth-order valence-corrected chi connectivity index (χ4v) is 0.572. The number of unbranched alkanes of at least 4 members (excludes halogenated alkanes) is 1. The summed E-state index contributed by atoms with van der Waals surface area (Å²) in [6.45, 7) is 1.74. The highest BCUT2D eigenvalue weighted by molar-refractivity contribution is 5.81. The second-order valence-electron chi connectivity index (χ2n) is 2.14. The van der Waals surface area contributed by atoms with Gasteiger partial charge >= 0.3 is 5.97 Å². The van der Waals surface area contributed by atoms with E-state index in [9.17, 15) is 4.79 Å². The largest absolute Gasteiger partial charge is 0.466 e. The van der Waals surface area contributed by atoms with Gasteiger partial charge in [-0.05, 0) is 25.2 Å². The molecule has 0 spiro atoms. The van der Waals surface area contributed by atoms with Gasteiger partial charge in [-0.1, -0.05) is 17.9 Å². The third-order valence-electron chi connectivity index (χ3n) is 1.17. The Hall–Kier alpha value is -1.67. The predicted molar refractivity (Wildman–Crippen MR) is 51.6 cm³/mol. The van der Waals surface area contributed by atoms with Gasteiger partial charge in [0.05, 0.1) is 7.11 Å². The molecule has 0 rings (SSSR count). The standard InChI is InChI=1S/C11H12O2/c1-3-4-5-6-7-8-9-10-11(12)13-2/h9-10H,7-8H2,1-2H3/b10-9+. The molecule has 0 saturated heterocycles. The van der Waals surface area contributed by atoms with Crippen LogP contribution in [0.3, 0.4) is 0 Å². The van der Waals surface area contributed by atoms with Gasteiger partial charge in [-0.3, -0.25) is 0 Å². The van der Waals surface area contributed by atoms with Gasteiger partial charge in [-0.15, -0.1) is 0 Å². The fraction of sp³-hybridized carbons (Fsp3) is 0.364. The molecular weight excluding hydrogens is 164 g/mol. The molecule has 2 heteroatoms. The number of ether oxygens (including phenoxy) is 1. The maximum absolute atomic E-state index is 10.6. The zero-order valence-corrected chi connectivity index (χ0v) is 7.89. The van der Waals surface area contributed by atoms with Crippen LogP contribution in [-0.4, -0.2) is 13.1 Å². The molecule has 0 saturated carbocycles. The highest BCUT2D eigenvalue weighted by atomic mass is 16.5. The van der Waals surface area contributed by atoms with E-state index in [4.69, 9.17) is 0 Å². The molecule has 0 heterocycles. The second-order valence-corrected chi connectivity index (χ2v) is 2.14. The Bertz CT molecular complexity index is 292. The summed E-state index contributed by atoms with van der Waals surface area (Å²) in [5.74, 6) is 10.5. The molecular formula is C11H12O2. The zero-order chi connectivity index (χ0) is 9.94. The summed E-state index contributed by atoms with van der Waals surface area (Å²) >= 11 is 0. The quantitative estimate of drug-likeness (QED) is 0.282. The SMILES string of the molecule is CC#CC#CCC/C=C/C(=O)OC. The summed E-state index contributed by atoms with van der Waals surface area (Å²) in [5.41, 5.74) is 0. The molecule has 0 amide bonds. The molecule has 0 fully saturated rings. The van der Waals surface area contributed by atoms with Crippen LogP contribution in [0.4, 0.5) is 0 Å². The minimum absolute atomic E-state index is 0.332. The fourth-order valence-electron chi connectivity index (χ4n) is 0.572. The summed E-state index contributed by atoms with van der Waals surface area (Å²) in [6.07, 6.45) is 4.59.